The third-order valence-electron chi connectivity index (χ3n) is 4.84. The lowest BCUT2D eigenvalue weighted by Crippen LogP contribution is -2.30. The van der Waals surface area contributed by atoms with Gasteiger partial charge < -0.3 is 4.90 Å². The molecule has 0 aromatic heterocycles. The molecule has 3 aromatic rings. The first-order chi connectivity index (χ1) is 12.4. The van der Waals surface area contributed by atoms with E-state index in [-0.39, 0.29) is 17.6 Å². The molecule has 0 heterocycles. The van der Waals surface area contributed by atoms with Crippen molar-refractivity contribution in [2.45, 2.75) is 19.9 Å². The van der Waals surface area contributed by atoms with Crippen molar-refractivity contribution >= 4 is 22.4 Å². The third kappa shape index (κ3) is 3.16. The van der Waals surface area contributed by atoms with Gasteiger partial charge in [-0.05, 0) is 35.7 Å². The van der Waals surface area contributed by atoms with Crippen LogP contribution in [0, 0.1) is 17.0 Å². The molecule has 0 fully saturated rings. The van der Waals surface area contributed by atoms with E-state index < -0.39 is 4.92 Å². The first-order valence-electron chi connectivity index (χ1n) is 8.40. The van der Waals surface area contributed by atoms with Crippen LogP contribution in [0.5, 0.6) is 0 Å². The Morgan fingerprint density at radius 1 is 1.08 bits per heavy atom. The van der Waals surface area contributed by atoms with Gasteiger partial charge in [-0.25, -0.2) is 0 Å². The van der Waals surface area contributed by atoms with Crippen LogP contribution in [0.3, 0.4) is 0 Å². The van der Waals surface area contributed by atoms with E-state index in [0.717, 1.165) is 21.9 Å². The lowest BCUT2D eigenvalue weighted by atomic mass is 9.98. The molecule has 5 nitrogen and oxygen atoms in total. The predicted molar refractivity (Wildman–Crippen MR) is 102 cm³/mol. The summed E-state index contributed by atoms with van der Waals surface area (Å²) in [6, 6.07) is 18.3. The topological polar surface area (TPSA) is 63.5 Å². The lowest BCUT2D eigenvalue weighted by molar-refractivity contribution is -0.384. The number of amides is 1. The monoisotopic (exact) mass is 348 g/mol. The summed E-state index contributed by atoms with van der Waals surface area (Å²) >= 11 is 0. The number of carbonyl (C=O) groups excluding carboxylic acids is 1. The quantitative estimate of drug-likeness (QED) is 0.498. The van der Waals surface area contributed by atoms with Crippen molar-refractivity contribution in [2.75, 3.05) is 7.05 Å². The number of rotatable bonds is 4. The average Bonchev–Trinajstić information content (AvgIpc) is 2.66. The van der Waals surface area contributed by atoms with Crippen LogP contribution in [0.25, 0.3) is 10.8 Å². The first-order valence-corrected chi connectivity index (χ1v) is 8.40. The molecule has 0 aliphatic heterocycles. The summed E-state index contributed by atoms with van der Waals surface area (Å²) in [5.41, 5.74) is 2.04. The van der Waals surface area contributed by atoms with E-state index in [0.29, 0.717) is 5.56 Å². The van der Waals surface area contributed by atoms with Gasteiger partial charge in [-0.2, -0.15) is 0 Å². The van der Waals surface area contributed by atoms with Gasteiger partial charge in [0.05, 0.1) is 11.0 Å². The molecule has 5 heteroatoms. The van der Waals surface area contributed by atoms with Crippen LogP contribution in [0.2, 0.25) is 0 Å². The Kier molecular flexibility index (Phi) is 4.71. The number of hydrogen-bond acceptors (Lipinski definition) is 3. The normalized spacial score (nSPS) is 12.0. The molecule has 1 unspecified atom stereocenters. The van der Waals surface area contributed by atoms with Gasteiger partial charge in [0.25, 0.3) is 11.6 Å². The fraction of sp³-hybridized carbons (Fsp3) is 0.190. The number of aryl methyl sites for hydroxylation is 1. The maximum atomic E-state index is 13.0. The molecule has 0 radical (unpaired) electrons. The maximum Gasteiger partial charge on any atom is 0.270 e. The lowest BCUT2D eigenvalue weighted by Gasteiger charge is -2.27. The zero-order valence-corrected chi connectivity index (χ0v) is 15.0. The number of hydrogen-bond donors (Lipinski definition) is 0. The van der Waals surface area contributed by atoms with Gasteiger partial charge in [0.1, 0.15) is 0 Å². The second kappa shape index (κ2) is 6.96. The number of nitrogens with zero attached hydrogens (tertiary/aromatic N) is 2. The predicted octanol–water partition coefficient (Wildman–Crippen LogP) is 4.89. The van der Waals surface area contributed by atoms with Crippen LogP contribution in [0.1, 0.15) is 34.5 Å². The van der Waals surface area contributed by atoms with Crippen molar-refractivity contribution in [1.82, 2.24) is 4.90 Å². The van der Waals surface area contributed by atoms with E-state index in [4.69, 9.17) is 0 Å². The molecule has 0 spiro atoms. The minimum Gasteiger partial charge on any atom is -0.335 e. The van der Waals surface area contributed by atoms with Gasteiger partial charge in [0.2, 0.25) is 0 Å². The molecule has 0 saturated heterocycles. The molecule has 1 amide bonds. The van der Waals surface area contributed by atoms with Crippen molar-refractivity contribution in [3.63, 3.8) is 0 Å². The van der Waals surface area contributed by atoms with E-state index >= 15 is 0 Å². The Morgan fingerprint density at radius 2 is 1.77 bits per heavy atom. The van der Waals surface area contributed by atoms with E-state index in [1.54, 1.807) is 24.9 Å². The minimum absolute atomic E-state index is 0.0786. The van der Waals surface area contributed by atoms with Gasteiger partial charge >= 0.3 is 0 Å². The Labute approximate surface area is 152 Å². The van der Waals surface area contributed by atoms with Crippen LogP contribution in [0.4, 0.5) is 5.69 Å². The van der Waals surface area contributed by atoms with Crippen molar-refractivity contribution in [1.29, 1.82) is 0 Å². The van der Waals surface area contributed by atoms with Crippen LogP contribution in [-0.4, -0.2) is 22.8 Å². The third-order valence-corrected chi connectivity index (χ3v) is 4.84. The summed E-state index contributed by atoms with van der Waals surface area (Å²) in [5, 5.41) is 13.2. The second-order valence-electron chi connectivity index (χ2n) is 6.42. The smallest absolute Gasteiger partial charge is 0.270 e. The highest BCUT2D eigenvalue weighted by Crippen LogP contribution is 2.29. The van der Waals surface area contributed by atoms with Crippen molar-refractivity contribution in [3.05, 3.63) is 87.5 Å². The molecule has 132 valence electrons. The number of nitro groups is 1. The highest BCUT2D eigenvalue weighted by Gasteiger charge is 2.23. The molecule has 1 atom stereocenters. The molecular formula is C21H20N2O3. The van der Waals surface area contributed by atoms with Gasteiger partial charge in [0.15, 0.2) is 0 Å². The molecule has 3 rings (SSSR count). The zero-order chi connectivity index (χ0) is 18.8. The second-order valence-corrected chi connectivity index (χ2v) is 6.42. The first kappa shape index (κ1) is 17.6. The molecule has 0 saturated carbocycles. The fourth-order valence-corrected chi connectivity index (χ4v) is 3.14. The molecule has 0 N–H and O–H groups in total. The van der Waals surface area contributed by atoms with E-state index in [1.807, 2.05) is 49.4 Å². The van der Waals surface area contributed by atoms with Crippen LogP contribution >= 0.6 is 0 Å². The molecule has 3 aromatic carbocycles. The Hall–Kier alpha value is -3.21. The minimum atomic E-state index is -0.482. The summed E-state index contributed by atoms with van der Waals surface area (Å²) < 4.78 is 0. The Morgan fingerprint density at radius 3 is 2.50 bits per heavy atom. The number of non-ortho nitro benzene ring substituents is 1. The average molecular weight is 348 g/mol. The van der Waals surface area contributed by atoms with Gasteiger partial charge in [-0.3, -0.25) is 14.9 Å². The standard InChI is InChI=1S/C21H20N2O3/c1-14-11-12-17(23(25)26)13-20(14)21(24)22(3)15(2)18-10-6-8-16-7-4-5-9-19(16)18/h4-13,15H,1-3H3. The van der Waals surface area contributed by atoms with Gasteiger partial charge in [-0.15, -0.1) is 0 Å². The number of benzene rings is 3. The van der Waals surface area contributed by atoms with Gasteiger partial charge in [0, 0.05) is 24.7 Å². The Bertz CT molecular complexity index is 992. The van der Waals surface area contributed by atoms with E-state index in [9.17, 15) is 14.9 Å². The molecular weight excluding hydrogens is 328 g/mol. The number of carbonyl (C=O) groups is 1. The zero-order valence-electron chi connectivity index (χ0n) is 15.0. The van der Waals surface area contributed by atoms with Crippen LogP contribution in [-0.2, 0) is 0 Å². The fourth-order valence-electron chi connectivity index (χ4n) is 3.14. The highest BCUT2D eigenvalue weighted by molar-refractivity contribution is 5.97. The molecule has 26 heavy (non-hydrogen) atoms. The van der Waals surface area contributed by atoms with Crippen LogP contribution in [0.15, 0.2) is 60.7 Å². The SMILES string of the molecule is Cc1ccc([N+](=O)[O-])cc1C(=O)N(C)C(C)c1cccc2ccccc12. The molecule has 0 aliphatic rings. The van der Waals surface area contributed by atoms with Crippen molar-refractivity contribution in [3.8, 4) is 0 Å². The van der Waals surface area contributed by atoms with E-state index in [1.165, 1.54) is 12.1 Å². The largest absolute Gasteiger partial charge is 0.335 e. The summed E-state index contributed by atoms with van der Waals surface area (Å²) in [5.74, 6) is -0.230. The van der Waals surface area contributed by atoms with Crippen LogP contribution < -0.4 is 0 Å². The van der Waals surface area contributed by atoms with Crippen molar-refractivity contribution in [2.24, 2.45) is 0 Å². The number of fused-ring (bicyclic) bond motifs is 1. The van der Waals surface area contributed by atoms with E-state index in [2.05, 4.69) is 0 Å². The summed E-state index contributed by atoms with van der Waals surface area (Å²) in [7, 11) is 1.73. The molecule has 0 aliphatic carbocycles. The summed E-state index contributed by atoms with van der Waals surface area (Å²) in [6.45, 7) is 3.75. The van der Waals surface area contributed by atoms with Crippen molar-refractivity contribution < 1.29 is 9.72 Å². The number of nitro benzene ring substituents is 1. The Balaban J connectivity index is 1.98. The maximum absolute atomic E-state index is 13.0. The summed E-state index contributed by atoms with van der Waals surface area (Å²) in [4.78, 5) is 25.2. The summed E-state index contributed by atoms with van der Waals surface area (Å²) in [6.07, 6.45) is 0. The highest BCUT2D eigenvalue weighted by atomic mass is 16.6. The molecule has 0 bridgehead atoms. The van der Waals surface area contributed by atoms with Gasteiger partial charge in [-0.1, -0.05) is 48.5 Å².